The maximum atomic E-state index is 9.59. The van der Waals surface area contributed by atoms with Crippen molar-refractivity contribution in [3.63, 3.8) is 0 Å². The highest BCUT2D eigenvalue weighted by molar-refractivity contribution is 6.30. The zero-order valence-corrected chi connectivity index (χ0v) is 12.4. The standard InChI is InChI=1S/C15H17ClN2O3/c1-21-11-3-2-9-4-10(15(16)17-12(9)5-11)6-18-7-13(19)14(20)8-18/h2-5,13-14,19-20H,6-8H2,1H3. The quantitative estimate of drug-likeness (QED) is 0.840. The van der Waals surface area contributed by atoms with Crippen LogP contribution in [0.15, 0.2) is 24.3 Å². The summed E-state index contributed by atoms with van der Waals surface area (Å²) in [6.45, 7) is 1.44. The lowest BCUT2D eigenvalue weighted by Crippen LogP contribution is -2.22. The number of likely N-dealkylation sites (tertiary alicyclic amines) is 1. The molecule has 0 bridgehead atoms. The van der Waals surface area contributed by atoms with E-state index in [1.807, 2.05) is 29.2 Å². The van der Waals surface area contributed by atoms with Crippen molar-refractivity contribution in [2.24, 2.45) is 0 Å². The maximum Gasteiger partial charge on any atom is 0.134 e. The summed E-state index contributed by atoms with van der Waals surface area (Å²) in [4.78, 5) is 6.36. The van der Waals surface area contributed by atoms with Crippen molar-refractivity contribution in [2.75, 3.05) is 20.2 Å². The number of aliphatic hydroxyl groups is 2. The summed E-state index contributed by atoms with van der Waals surface area (Å²) in [7, 11) is 1.61. The minimum Gasteiger partial charge on any atom is -0.497 e. The Hall–Kier alpha value is -1.40. The molecule has 112 valence electrons. The van der Waals surface area contributed by atoms with Gasteiger partial charge in [-0.25, -0.2) is 4.98 Å². The average Bonchev–Trinajstić information content (AvgIpc) is 2.77. The third-order valence-electron chi connectivity index (χ3n) is 3.78. The molecule has 2 aromatic rings. The second-order valence-corrected chi connectivity index (χ2v) is 5.68. The first-order chi connectivity index (χ1) is 10.1. The molecule has 0 amide bonds. The highest BCUT2D eigenvalue weighted by atomic mass is 35.5. The van der Waals surface area contributed by atoms with Crippen molar-refractivity contribution < 1.29 is 14.9 Å². The van der Waals surface area contributed by atoms with Gasteiger partial charge in [0, 0.05) is 36.7 Å². The Balaban J connectivity index is 1.87. The molecule has 0 spiro atoms. The van der Waals surface area contributed by atoms with Crippen LogP contribution in [-0.4, -0.2) is 52.5 Å². The summed E-state index contributed by atoms with van der Waals surface area (Å²) in [5.74, 6) is 0.740. The van der Waals surface area contributed by atoms with Crippen LogP contribution in [0.4, 0.5) is 0 Å². The Morgan fingerprint density at radius 2 is 2.00 bits per heavy atom. The van der Waals surface area contributed by atoms with Crippen LogP contribution in [0.5, 0.6) is 5.75 Å². The molecule has 1 aliphatic rings. The number of methoxy groups -OCH3 is 1. The minimum atomic E-state index is -0.693. The smallest absolute Gasteiger partial charge is 0.134 e. The van der Waals surface area contributed by atoms with Gasteiger partial charge < -0.3 is 14.9 Å². The van der Waals surface area contributed by atoms with E-state index in [1.54, 1.807) is 7.11 Å². The van der Waals surface area contributed by atoms with E-state index in [0.717, 1.165) is 22.2 Å². The van der Waals surface area contributed by atoms with Crippen LogP contribution in [0.2, 0.25) is 5.15 Å². The Labute approximate surface area is 127 Å². The van der Waals surface area contributed by atoms with E-state index in [-0.39, 0.29) is 0 Å². The lowest BCUT2D eigenvalue weighted by Gasteiger charge is -2.16. The van der Waals surface area contributed by atoms with Crippen molar-refractivity contribution in [3.05, 3.63) is 35.0 Å². The molecule has 2 unspecified atom stereocenters. The Morgan fingerprint density at radius 1 is 1.29 bits per heavy atom. The van der Waals surface area contributed by atoms with Gasteiger partial charge >= 0.3 is 0 Å². The number of rotatable bonds is 3. The average molecular weight is 309 g/mol. The fraction of sp³-hybridized carbons (Fsp3) is 0.400. The monoisotopic (exact) mass is 308 g/mol. The molecule has 2 heterocycles. The van der Waals surface area contributed by atoms with Gasteiger partial charge in [-0.15, -0.1) is 0 Å². The summed E-state index contributed by atoms with van der Waals surface area (Å²) in [5, 5.41) is 20.6. The van der Waals surface area contributed by atoms with Crippen molar-refractivity contribution in [1.82, 2.24) is 9.88 Å². The molecule has 1 fully saturated rings. The van der Waals surface area contributed by atoms with E-state index < -0.39 is 12.2 Å². The van der Waals surface area contributed by atoms with E-state index >= 15 is 0 Å². The summed E-state index contributed by atoms with van der Waals surface area (Å²) in [5.41, 5.74) is 1.67. The first kappa shape index (κ1) is 14.5. The normalized spacial score (nSPS) is 22.9. The number of fused-ring (bicyclic) bond motifs is 1. The minimum absolute atomic E-state index is 0.437. The molecule has 0 saturated carbocycles. The predicted octanol–water partition coefficient (Wildman–Crippen LogP) is 1.43. The second kappa shape index (κ2) is 5.77. The Bertz CT molecular complexity index is 655. The number of hydrogen-bond acceptors (Lipinski definition) is 5. The van der Waals surface area contributed by atoms with Crippen LogP contribution < -0.4 is 4.74 Å². The van der Waals surface area contributed by atoms with Crippen molar-refractivity contribution >= 4 is 22.5 Å². The van der Waals surface area contributed by atoms with Crippen molar-refractivity contribution in [1.29, 1.82) is 0 Å². The lowest BCUT2D eigenvalue weighted by molar-refractivity contribution is 0.0572. The maximum absolute atomic E-state index is 9.59. The molecule has 1 aliphatic heterocycles. The number of pyridine rings is 1. The highest BCUT2D eigenvalue weighted by Gasteiger charge is 2.29. The van der Waals surface area contributed by atoms with E-state index in [4.69, 9.17) is 16.3 Å². The molecule has 1 aromatic carbocycles. The van der Waals surface area contributed by atoms with Crippen LogP contribution in [0.3, 0.4) is 0 Å². The molecular formula is C15H17ClN2O3. The molecular weight excluding hydrogens is 292 g/mol. The predicted molar refractivity (Wildman–Crippen MR) is 80.6 cm³/mol. The third-order valence-corrected chi connectivity index (χ3v) is 4.11. The zero-order valence-electron chi connectivity index (χ0n) is 11.7. The van der Waals surface area contributed by atoms with Gasteiger partial charge in [-0.1, -0.05) is 11.6 Å². The van der Waals surface area contributed by atoms with Gasteiger partial charge in [0.15, 0.2) is 0 Å². The third kappa shape index (κ3) is 2.96. The molecule has 0 aliphatic carbocycles. The molecule has 1 aromatic heterocycles. The van der Waals surface area contributed by atoms with E-state index in [0.29, 0.717) is 24.8 Å². The van der Waals surface area contributed by atoms with Gasteiger partial charge in [-0.2, -0.15) is 0 Å². The lowest BCUT2D eigenvalue weighted by atomic mass is 10.1. The molecule has 6 heteroatoms. The topological polar surface area (TPSA) is 65.8 Å². The molecule has 1 saturated heterocycles. The van der Waals surface area contributed by atoms with Crippen LogP contribution in [-0.2, 0) is 6.54 Å². The zero-order chi connectivity index (χ0) is 15.0. The molecule has 0 radical (unpaired) electrons. The number of nitrogens with zero attached hydrogens (tertiary/aromatic N) is 2. The first-order valence-electron chi connectivity index (χ1n) is 6.78. The van der Waals surface area contributed by atoms with Crippen LogP contribution in [0.25, 0.3) is 10.9 Å². The van der Waals surface area contributed by atoms with E-state index in [2.05, 4.69) is 4.98 Å². The summed E-state index contributed by atoms with van der Waals surface area (Å²) in [6, 6.07) is 7.65. The largest absolute Gasteiger partial charge is 0.497 e. The summed E-state index contributed by atoms with van der Waals surface area (Å²) >= 11 is 6.25. The number of aromatic nitrogens is 1. The van der Waals surface area contributed by atoms with Crippen LogP contribution in [0, 0.1) is 0 Å². The molecule has 5 nitrogen and oxygen atoms in total. The van der Waals surface area contributed by atoms with Gasteiger partial charge in [-0.3, -0.25) is 4.90 Å². The van der Waals surface area contributed by atoms with Crippen LogP contribution >= 0.6 is 11.6 Å². The summed E-state index contributed by atoms with van der Waals surface area (Å²) < 4.78 is 5.18. The van der Waals surface area contributed by atoms with E-state index in [9.17, 15) is 10.2 Å². The fourth-order valence-corrected chi connectivity index (χ4v) is 2.83. The number of ether oxygens (including phenoxy) is 1. The fourth-order valence-electron chi connectivity index (χ4n) is 2.62. The Kier molecular flexibility index (Phi) is 3.99. The van der Waals surface area contributed by atoms with Gasteiger partial charge in [-0.05, 0) is 18.2 Å². The number of halogens is 1. The van der Waals surface area contributed by atoms with Gasteiger partial charge in [0.2, 0.25) is 0 Å². The van der Waals surface area contributed by atoms with Gasteiger partial charge in [0.1, 0.15) is 10.9 Å². The number of aliphatic hydroxyl groups excluding tert-OH is 2. The first-order valence-corrected chi connectivity index (χ1v) is 7.16. The van der Waals surface area contributed by atoms with Gasteiger partial charge in [0.25, 0.3) is 0 Å². The molecule has 2 N–H and O–H groups in total. The molecule has 2 atom stereocenters. The number of β-amino-alcohol motifs (C(OH)–C–C–N with tert-alkyl or cyclic N) is 2. The van der Waals surface area contributed by atoms with Crippen molar-refractivity contribution in [2.45, 2.75) is 18.8 Å². The van der Waals surface area contributed by atoms with Gasteiger partial charge in [0.05, 0.1) is 24.8 Å². The molecule has 3 rings (SSSR count). The van der Waals surface area contributed by atoms with Crippen LogP contribution in [0.1, 0.15) is 5.56 Å². The second-order valence-electron chi connectivity index (χ2n) is 5.33. The van der Waals surface area contributed by atoms with Crippen molar-refractivity contribution in [3.8, 4) is 5.75 Å². The highest BCUT2D eigenvalue weighted by Crippen LogP contribution is 2.26. The molecule has 21 heavy (non-hydrogen) atoms. The number of hydrogen-bond donors (Lipinski definition) is 2. The Morgan fingerprint density at radius 3 is 2.67 bits per heavy atom. The van der Waals surface area contributed by atoms with E-state index in [1.165, 1.54) is 0 Å². The SMILES string of the molecule is COc1ccc2cc(CN3CC(O)C(O)C3)c(Cl)nc2c1. The summed E-state index contributed by atoms with van der Waals surface area (Å²) in [6.07, 6.45) is -1.39. The number of benzene rings is 1.